The zero-order valence-corrected chi connectivity index (χ0v) is 23.2. The second-order valence-electron chi connectivity index (χ2n) is 11.2. The van der Waals surface area contributed by atoms with Gasteiger partial charge >= 0.3 is 12.1 Å². The number of nitrogens with one attached hydrogen (secondary N) is 1. The molecule has 2 aromatic carbocycles. The number of hydrogen-bond acceptors (Lipinski definition) is 6. The van der Waals surface area contributed by atoms with Gasteiger partial charge in [0.1, 0.15) is 24.0 Å². The summed E-state index contributed by atoms with van der Waals surface area (Å²) in [4.78, 5) is 16.4. The van der Waals surface area contributed by atoms with Crippen LogP contribution in [0.4, 0.5) is 23.4 Å². The van der Waals surface area contributed by atoms with Crippen LogP contribution in [0.25, 0.3) is 11.1 Å². The first-order valence-electron chi connectivity index (χ1n) is 14.3. The van der Waals surface area contributed by atoms with Gasteiger partial charge in [0.15, 0.2) is 0 Å². The van der Waals surface area contributed by atoms with E-state index < -0.39 is 17.6 Å². The molecule has 0 radical (unpaired) electrons. The van der Waals surface area contributed by atoms with Crippen molar-refractivity contribution in [1.29, 1.82) is 0 Å². The molecule has 3 aromatic rings. The summed E-state index contributed by atoms with van der Waals surface area (Å²) in [7, 11) is 0. The lowest BCUT2D eigenvalue weighted by atomic mass is 9.98. The standard InChI is InChI=1S/C32H32F4N2O4/c1-2-41-31(39)30-24-13-20-12-22(4-5-23(20)29(24)30)42-17-21-11-19(3-6-27(21)33)25-16-38-28(14-26(25)32(34,35)36)37-15-18-7-9-40-10-8-18/h3-6,11-12,14,16,18,24,29-30H,2,7-10,13,15,17H2,1H3,(H,37,38)/t24-,29+,30+/m1/s1. The number of benzene rings is 2. The Morgan fingerprint density at radius 1 is 1.12 bits per heavy atom. The monoisotopic (exact) mass is 584 g/mol. The van der Waals surface area contributed by atoms with Gasteiger partial charge in [-0.05, 0) is 85.0 Å². The second-order valence-corrected chi connectivity index (χ2v) is 11.2. The summed E-state index contributed by atoms with van der Waals surface area (Å²) in [5, 5.41) is 3.03. The highest BCUT2D eigenvalue weighted by Crippen LogP contribution is 2.62. The van der Waals surface area contributed by atoms with Crippen molar-refractivity contribution in [3.05, 3.63) is 76.7 Å². The molecule has 1 saturated heterocycles. The largest absolute Gasteiger partial charge is 0.489 e. The molecule has 1 saturated carbocycles. The maximum absolute atomic E-state index is 14.7. The number of anilines is 1. The van der Waals surface area contributed by atoms with E-state index >= 15 is 0 Å². The zero-order valence-electron chi connectivity index (χ0n) is 23.2. The van der Waals surface area contributed by atoms with Gasteiger partial charge in [0.25, 0.3) is 0 Å². The third kappa shape index (κ3) is 5.82. The number of hydrogen-bond donors (Lipinski definition) is 1. The van der Waals surface area contributed by atoms with E-state index in [1.165, 1.54) is 18.3 Å². The number of ether oxygens (including phenoxy) is 3. The quantitative estimate of drug-likeness (QED) is 0.221. The third-order valence-electron chi connectivity index (χ3n) is 8.53. The van der Waals surface area contributed by atoms with E-state index in [2.05, 4.69) is 10.3 Å². The lowest BCUT2D eigenvalue weighted by Crippen LogP contribution is -2.23. The van der Waals surface area contributed by atoms with Crippen LogP contribution in [0.1, 0.15) is 47.9 Å². The van der Waals surface area contributed by atoms with Crippen molar-refractivity contribution in [2.75, 3.05) is 31.7 Å². The number of pyridine rings is 1. The molecule has 0 spiro atoms. The van der Waals surface area contributed by atoms with E-state index in [4.69, 9.17) is 14.2 Å². The molecule has 2 fully saturated rings. The Morgan fingerprint density at radius 3 is 2.69 bits per heavy atom. The highest BCUT2D eigenvalue weighted by molar-refractivity contribution is 5.79. The van der Waals surface area contributed by atoms with E-state index in [-0.39, 0.29) is 52.8 Å². The molecule has 2 heterocycles. The SMILES string of the molecule is CCOC(=O)[C@H]1[C@@H]2Cc3cc(OCc4cc(-c5cnc(NCC6CCOCC6)cc5C(F)(F)F)ccc4F)ccc3[C@@H]21. The van der Waals surface area contributed by atoms with Gasteiger partial charge in [0, 0.05) is 43.0 Å². The molecule has 10 heteroatoms. The fraction of sp³-hybridized carbons (Fsp3) is 0.438. The molecule has 1 aliphatic heterocycles. The molecule has 6 nitrogen and oxygen atoms in total. The first kappa shape index (κ1) is 28.5. The van der Waals surface area contributed by atoms with Crippen molar-refractivity contribution >= 4 is 11.8 Å². The summed E-state index contributed by atoms with van der Waals surface area (Å²) in [5.74, 6) is 0.580. The van der Waals surface area contributed by atoms with E-state index in [1.807, 2.05) is 12.1 Å². The number of nitrogens with zero attached hydrogens (tertiary/aromatic N) is 1. The molecule has 6 rings (SSSR count). The molecule has 3 atom stereocenters. The fourth-order valence-electron chi connectivity index (χ4n) is 6.27. The highest BCUT2D eigenvalue weighted by Gasteiger charge is 2.60. The van der Waals surface area contributed by atoms with Crippen molar-refractivity contribution in [3.63, 3.8) is 0 Å². The fourth-order valence-corrected chi connectivity index (χ4v) is 6.27. The van der Waals surface area contributed by atoms with Crippen molar-refractivity contribution in [2.45, 2.75) is 44.9 Å². The summed E-state index contributed by atoms with van der Waals surface area (Å²) in [6.45, 7) is 3.81. The number of alkyl halides is 3. The minimum Gasteiger partial charge on any atom is -0.489 e. The molecule has 42 heavy (non-hydrogen) atoms. The van der Waals surface area contributed by atoms with Gasteiger partial charge < -0.3 is 19.5 Å². The van der Waals surface area contributed by atoms with E-state index in [0.717, 1.165) is 42.5 Å². The Bertz CT molecular complexity index is 1470. The van der Waals surface area contributed by atoms with Gasteiger partial charge in [0.05, 0.1) is 18.1 Å². The molecule has 0 unspecified atom stereocenters. The van der Waals surface area contributed by atoms with Crippen LogP contribution in [0.5, 0.6) is 5.75 Å². The van der Waals surface area contributed by atoms with Crippen molar-refractivity contribution < 1.29 is 36.6 Å². The third-order valence-corrected chi connectivity index (χ3v) is 8.53. The predicted octanol–water partition coefficient (Wildman–Crippen LogP) is 6.77. The number of rotatable bonds is 9. The molecule has 0 amide bonds. The molecule has 2 aliphatic carbocycles. The zero-order chi connectivity index (χ0) is 29.4. The summed E-state index contributed by atoms with van der Waals surface area (Å²) in [5.41, 5.74) is 1.55. The van der Waals surface area contributed by atoms with Gasteiger partial charge in [0.2, 0.25) is 0 Å². The maximum Gasteiger partial charge on any atom is 0.417 e. The number of esters is 1. The smallest absolute Gasteiger partial charge is 0.417 e. The Kier molecular flexibility index (Phi) is 7.83. The van der Waals surface area contributed by atoms with Crippen LogP contribution in [0.15, 0.2) is 48.7 Å². The lowest BCUT2D eigenvalue weighted by molar-refractivity contribution is -0.145. The van der Waals surface area contributed by atoms with Crippen LogP contribution >= 0.6 is 0 Å². The van der Waals surface area contributed by atoms with Crippen LogP contribution in [0.3, 0.4) is 0 Å². The summed E-state index contributed by atoms with van der Waals surface area (Å²) >= 11 is 0. The van der Waals surface area contributed by atoms with Crippen molar-refractivity contribution in [1.82, 2.24) is 4.98 Å². The minimum absolute atomic E-state index is 0.0889. The Labute approximate surface area is 241 Å². The molecule has 1 aromatic heterocycles. The number of halogens is 4. The average Bonchev–Trinajstić information content (AvgIpc) is 3.57. The van der Waals surface area contributed by atoms with Crippen LogP contribution in [0.2, 0.25) is 0 Å². The number of carbonyl (C=O) groups is 1. The van der Waals surface area contributed by atoms with Gasteiger partial charge in [-0.1, -0.05) is 12.1 Å². The van der Waals surface area contributed by atoms with Crippen LogP contribution in [-0.2, 0) is 33.5 Å². The minimum atomic E-state index is -4.63. The Hall–Kier alpha value is -3.66. The molecule has 1 N–H and O–H groups in total. The highest BCUT2D eigenvalue weighted by atomic mass is 19.4. The number of carbonyl (C=O) groups excluding carboxylic acids is 1. The first-order valence-corrected chi connectivity index (χ1v) is 14.3. The normalized spacial score (nSPS) is 21.4. The molecular formula is C32H32F4N2O4. The van der Waals surface area contributed by atoms with E-state index in [1.54, 1.807) is 13.0 Å². The van der Waals surface area contributed by atoms with Crippen LogP contribution < -0.4 is 10.1 Å². The molecular weight excluding hydrogens is 552 g/mol. The molecule has 222 valence electrons. The van der Waals surface area contributed by atoms with Crippen molar-refractivity contribution in [3.8, 4) is 16.9 Å². The first-order chi connectivity index (χ1) is 20.2. The second kappa shape index (κ2) is 11.6. The van der Waals surface area contributed by atoms with Gasteiger partial charge in [-0.25, -0.2) is 9.37 Å². The molecule has 0 bridgehead atoms. The Morgan fingerprint density at radius 2 is 1.93 bits per heavy atom. The van der Waals surface area contributed by atoms with E-state index in [9.17, 15) is 22.4 Å². The summed E-state index contributed by atoms with van der Waals surface area (Å²) < 4.78 is 73.4. The lowest BCUT2D eigenvalue weighted by Gasteiger charge is -2.23. The summed E-state index contributed by atoms with van der Waals surface area (Å²) in [6.07, 6.45) is -1.00. The van der Waals surface area contributed by atoms with Crippen molar-refractivity contribution in [2.24, 2.45) is 17.8 Å². The van der Waals surface area contributed by atoms with E-state index in [0.29, 0.717) is 38.0 Å². The van der Waals surface area contributed by atoms with Gasteiger partial charge in [-0.3, -0.25) is 4.79 Å². The van der Waals surface area contributed by atoms with Gasteiger partial charge in [-0.15, -0.1) is 0 Å². The van der Waals surface area contributed by atoms with Crippen LogP contribution in [0, 0.1) is 23.6 Å². The van der Waals surface area contributed by atoms with Gasteiger partial charge in [-0.2, -0.15) is 13.2 Å². The van der Waals surface area contributed by atoms with Crippen LogP contribution in [-0.4, -0.2) is 37.3 Å². The Balaban J connectivity index is 1.16. The average molecular weight is 585 g/mol. The predicted molar refractivity (Wildman–Crippen MR) is 147 cm³/mol. The number of aromatic nitrogens is 1. The number of fused-ring (bicyclic) bond motifs is 3. The topological polar surface area (TPSA) is 69.7 Å². The maximum atomic E-state index is 14.7. The summed E-state index contributed by atoms with van der Waals surface area (Å²) in [6, 6.07) is 10.5. The molecule has 3 aliphatic rings.